The molecular formula is C12H26O2. The molecule has 1 atom stereocenters. The minimum atomic E-state index is 0.0608. The molecule has 0 aromatic rings. The van der Waals surface area contributed by atoms with Crippen molar-refractivity contribution in [3.8, 4) is 0 Å². The Kier molecular flexibility index (Phi) is 10.9. The predicted molar refractivity (Wildman–Crippen MR) is 60.5 cm³/mol. The van der Waals surface area contributed by atoms with E-state index in [1.54, 1.807) is 7.11 Å². The average Bonchev–Trinajstić information content (AvgIpc) is 2.22. The minimum Gasteiger partial charge on any atom is -0.394 e. The van der Waals surface area contributed by atoms with Crippen LogP contribution >= 0.6 is 0 Å². The van der Waals surface area contributed by atoms with E-state index in [9.17, 15) is 0 Å². The van der Waals surface area contributed by atoms with Crippen molar-refractivity contribution in [2.24, 2.45) is 0 Å². The molecule has 0 saturated carbocycles. The van der Waals surface area contributed by atoms with Crippen LogP contribution in [0.4, 0.5) is 0 Å². The van der Waals surface area contributed by atoms with E-state index in [-0.39, 0.29) is 12.7 Å². The molecule has 1 unspecified atom stereocenters. The maximum Gasteiger partial charge on any atom is 0.0802 e. The smallest absolute Gasteiger partial charge is 0.0802 e. The lowest BCUT2D eigenvalue weighted by Crippen LogP contribution is -2.14. The molecule has 0 bridgehead atoms. The zero-order valence-corrected chi connectivity index (χ0v) is 9.80. The molecule has 0 heterocycles. The first-order valence-electron chi connectivity index (χ1n) is 5.98. The first kappa shape index (κ1) is 13.9. The summed E-state index contributed by atoms with van der Waals surface area (Å²) in [6.45, 7) is 2.40. The van der Waals surface area contributed by atoms with Crippen molar-refractivity contribution in [1.29, 1.82) is 0 Å². The number of ether oxygens (including phenoxy) is 1. The lowest BCUT2D eigenvalue weighted by atomic mass is 10.1. The number of aliphatic hydroxyl groups excluding tert-OH is 1. The molecule has 0 fully saturated rings. The second-order valence-electron chi connectivity index (χ2n) is 3.95. The van der Waals surface area contributed by atoms with E-state index in [0.29, 0.717) is 0 Å². The van der Waals surface area contributed by atoms with Crippen LogP contribution in [0.25, 0.3) is 0 Å². The van der Waals surface area contributed by atoms with E-state index in [0.717, 1.165) is 6.42 Å². The summed E-state index contributed by atoms with van der Waals surface area (Å²) in [5.74, 6) is 0. The van der Waals surface area contributed by atoms with Gasteiger partial charge in [-0.2, -0.15) is 0 Å². The Morgan fingerprint density at radius 1 is 1.00 bits per heavy atom. The van der Waals surface area contributed by atoms with E-state index >= 15 is 0 Å². The van der Waals surface area contributed by atoms with E-state index in [4.69, 9.17) is 9.84 Å². The molecule has 1 N–H and O–H groups in total. The van der Waals surface area contributed by atoms with Crippen LogP contribution in [-0.2, 0) is 4.74 Å². The van der Waals surface area contributed by atoms with Crippen molar-refractivity contribution in [2.75, 3.05) is 13.7 Å². The summed E-state index contributed by atoms with van der Waals surface area (Å²) in [6, 6.07) is 0. The Morgan fingerprint density at radius 2 is 1.57 bits per heavy atom. The van der Waals surface area contributed by atoms with Crippen LogP contribution in [0, 0.1) is 0 Å². The van der Waals surface area contributed by atoms with Crippen LogP contribution in [0.3, 0.4) is 0 Å². The number of hydrogen-bond acceptors (Lipinski definition) is 2. The van der Waals surface area contributed by atoms with Crippen LogP contribution < -0.4 is 0 Å². The first-order chi connectivity index (χ1) is 6.85. The highest BCUT2D eigenvalue weighted by molar-refractivity contribution is 4.55. The summed E-state index contributed by atoms with van der Waals surface area (Å²) in [4.78, 5) is 0. The number of rotatable bonds is 10. The summed E-state index contributed by atoms with van der Waals surface area (Å²) in [5, 5.41) is 8.87. The number of hydrogen-bond donors (Lipinski definition) is 1. The second-order valence-corrected chi connectivity index (χ2v) is 3.95. The van der Waals surface area contributed by atoms with E-state index < -0.39 is 0 Å². The molecule has 0 aromatic carbocycles. The molecule has 86 valence electrons. The van der Waals surface area contributed by atoms with E-state index in [2.05, 4.69) is 6.92 Å². The van der Waals surface area contributed by atoms with Crippen LogP contribution in [0.5, 0.6) is 0 Å². The fourth-order valence-corrected chi connectivity index (χ4v) is 1.61. The van der Waals surface area contributed by atoms with Crippen LogP contribution in [0.15, 0.2) is 0 Å². The monoisotopic (exact) mass is 202 g/mol. The van der Waals surface area contributed by atoms with Gasteiger partial charge in [0.15, 0.2) is 0 Å². The van der Waals surface area contributed by atoms with E-state index in [1.807, 2.05) is 0 Å². The molecule has 2 heteroatoms. The predicted octanol–water partition coefficient (Wildman–Crippen LogP) is 3.13. The summed E-state index contributed by atoms with van der Waals surface area (Å²) < 4.78 is 5.09. The summed E-state index contributed by atoms with van der Waals surface area (Å²) >= 11 is 0. The quantitative estimate of drug-likeness (QED) is 0.551. The van der Waals surface area contributed by atoms with Crippen LogP contribution in [0.1, 0.15) is 58.3 Å². The maximum absolute atomic E-state index is 8.87. The zero-order chi connectivity index (χ0) is 10.6. The second kappa shape index (κ2) is 11.0. The van der Waals surface area contributed by atoms with Gasteiger partial charge in [0.05, 0.1) is 12.7 Å². The van der Waals surface area contributed by atoms with E-state index in [1.165, 1.54) is 44.9 Å². The van der Waals surface area contributed by atoms with Crippen molar-refractivity contribution >= 4 is 0 Å². The average molecular weight is 202 g/mol. The largest absolute Gasteiger partial charge is 0.394 e. The van der Waals surface area contributed by atoms with Gasteiger partial charge >= 0.3 is 0 Å². The van der Waals surface area contributed by atoms with Gasteiger partial charge in [-0.3, -0.25) is 0 Å². The highest BCUT2D eigenvalue weighted by Gasteiger charge is 2.03. The van der Waals surface area contributed by atoms with Crippen molar-refractivity contribution in [3.05, 3.63) is 0 Å². The molecule has 0 spiro atoms. The SMILES string of the molecule is CCCCCCCCCC(CO)OC. The highest BCUT2D eigenvalue weighted by Crippen LogP contribution is 2.10. The van der Waals surface area contributed by atoms with Gasteiger partial charge in [0.2, 0.25) is 0 Å². The van der Waals surface area contributed by atoms with Gasteiger partial charge in [0.25, 0.3) is 0 Å². The Balaban J connectivity index is 3.04. The lowest BCUT2D eigenvalue weighted by Gasteiger charge is -2.11. The molecule has 0 aromatic heterocycles. The van der Waals surface area contributed by atoms with Gasteiger partial charge < -0.3 is 9.84 Å². The molecule has 0 aliphatic carbocycles. The number of aliphatic hydroxyl groups is 1. The van der Waals surface area contributed by atoms with Crippen molar-refractivity contribution < 1.29 is 9.84 Å². The maximum atomic E-state index is 8.87. The van der Waals surface area contributed by atoms with Gasteiger partial charge in [0.1, 0.15) is 0 Å². The molecule has 0 saturated heterocycles. The topological polar surface area (TPSA) is 29.5 Å². The third kappa shape index (κ3) is 8.52. The molecule has 2 nitrogen and oxygen atoms in total. The molecule has 14 heavy (non-hydrogen) atoms. The molecule has 0 amide bonds. The highest BCUT2D eigenvalue weighted by atomic mass is 16.5. The fourth-order valence-electron chi connectivity index (χ4n) is 1.61. The fraction of sp³-hybridized carbons (Fsp3) is 1.00. The van der Waals surface area contributed by atoms with Crippen LogP contribution in [0.2, 0.25) is 0 Å². The van der Waals surface area contributed by atoms with Crippen molar-refractivity contribution in [3.63, 3.8) is 0 Å². The lowest BCUT2D eigenvalue weighted by molar-refractivity contribution is 0.0415. The summed E-state index contributed by atoms with van der Waals surface area (Å²) in [5.41, 5.74) is 0. The molecule has 0 radical (unpaired) electrons. The normalized spacial score (nSPS) is 13.1. The molecule has 0 aliphatic heterocycles. The Bertz CT molecular complexity index is 100. The Hall–Kier alpha value is -0.0800. The van der Waals surface area contributed by atoms with Gasteiger partial charge in [-0.15, -0.1) is 0 Å². The van der Waals surface area contributed by atoms with Crippen molar-refractivity contribution in [2.45, 2.75) is 64.4 Å². The molecule has 0 rings (SSSR count). The van der Waals surface area contributed by atoms with Crippen LogP contribution in [-0.4, -0.2) is 24.9 Å². The zero-order valence-electron chi connectivity index (χ0n) is 9.80. The third-order valence-corrected chi connectivity index (χ3v) is 2.67. The van der Waals surface area contributed by atoms with Gasteiger partial charge in [-0.05, 0) is 6.42 Å². The minimum absolute atomic E-state index is 0.0608. The standard InChI is InChI=1S/C12H26O2/c1-3-4-5-6-7-8-9-10-12(11-13)14-2/h12-13H,3-11H2,1-2H3. The third-order valence-electron chi connectivity index (χ3n) is 2.67. The molecule has 0 aliphatic rings. The van der Waals surface area contributed by atoms with Crippen molar-refractivity contribution in [1.82, 2.24) is 0 Å². The molecular weight excluding hydrogens is 176 g/mol. The number of methoxy groups -OCH3 is 1. The number of unbranched alkanes of at least 4 members (excludes halogenated alkanes) is 6. The first-order valence-corrected chi connectivity index (χ1v) is 5.98. The Morgan fingerprint density at radius 3 is 2.07 bits per heavy atom. The summed E-state index contributed by atoms with van der Waals surface area (Å²) in [6.07, 6.45) is 10.3. The summed E-state index contributed by atoms with van der Waals surface area (Å²) in [7, 11) is 1.67. The Labute approximate surface area is 88.7 Å². The van der Waals surface area contributed by atoms with Gasteiger partial charge in [-0.1, -0.05) is 51.9 Å². The van der Waals surface area contributed by atoms with Gasteiger partial charge in [0, 0.05) is 7.11 Å². The van der Waals surface area contributed by atoms with Gasteiger partial charge in [-0.25, -0.2) is 0 Å².